The molecule has 1 aromatic heterocycles. The van der Waals surface area contributed by atoms with Crippen LogP contribution in [0.25, 0.3) is 11.0 Å². The van der Waals surface area contributed by atoms with E-state index in [1.807, 2.05) is 18.2 Å². The Morgan fingerprint density at radius 3 is 2.73 bits per heavy atom. The van der Waals surface area contributed by atoms with Crippen molar-refractivity contribution in [2.75, 3.05) is 33.4 Å². The Hall–Kier alpha value is -2.45. The highest BCUT2D eigenvalue weighted by molar-refractivity contribution is 5.84. The van der Waals surface area contributed by atoms with E-state index in [2.05, 4.69) is 10.6 Å². The molecule has 0 bridgehead atoms. The third-order valence-corrected chi connectivity index (χ3v) is 6.69. The molecular formula is C25H38N4O4. The zero-order chi connectivity index (χ0) is 23.6. The molecule has 1 amide bonds. The summed E-state index contributed by atoms with van der Waals surface area (Å²) < 4.78 is 8.86. The normalized spacial score (nSPS) is 15.6. The molecule has 1 heterocycles. The van der Waals surface area contributed by atoms with Gasteiger partial charge in [0.1, 0.15) is 12.3 Å². The average Bonchev–Trinajstić information content (AvgIpc) is 3.09. The fourth-order valence-electron chi connectivity index (χ4n) is 4.77. The Labute approximate surface area is 195 Å². The highest BCUT2D eigenvalue weighted by Crippen LogP contribution is 2.23. The van der Waals surface area contributed by atoms with Crippen molar-refractivity contribution in [2.24, 2.45) is 13.0 Å². The van der Waals surface area contributed by atoms with Gasteiger partial charge in [0.05, 0.1) is 24.2 Å². The molecule has 0 spiro atoms. The second-order valence-corrected chi connectivity index (χ2v) is 8.98. The van der Waals surface area contributed by atoms with E-state index in [0.717, 1.165) is 42.8 Å². The van der Waals surface area contributed by atoms with Crippen LogP contribution in [0, 0.1) is 5.92 Å². The van der Waals surface area contributed by atoms with Gasteiger partial charge in [-0.25, -0.2) is 4.79 Å². The van der Waals surface area contributed by atoms with Crippen LogP contribution in [-0.4, -0.2) is 54.7 Å². The first-order valence-corrected chi connectivity index (χ1v) is 12.2. The van der Waals surface area contributed by atoms with E-state index in [4.69, 9.17) is 4.74 Å². The highest BCUT2D eigenvalue weighted by Gasteiger charge is 2.24. The van der Waals surface area contributed by atoms with E-state index in [0.29, 0.717) is 18.7 Å². The van der Waals surface area contributed by atoms with Gasteiger partial charge in [-0.05, 0) is 55.8 Å². The van der Waals surface area contributed by atoms with Gasteiger partial charge < -0.3 is 20.2 Å². The molecule has 2 aromatic rings. The fraction of sp³-hybridized carbons (Fsp3) is 0.640. The Bertz CT molecular complexity index is 975. The molecule has 8 heteroatoms. The number of fused-ring (bicyclic) bond motifs is 1. The summed E-state index contributed by atoms with van der Waals surface area (Å²) >= 11 is 0. The van der Waals surface area contributed by atoms with Gasteiger partial charge in [0.25, 0.3) is 0 Å². The Kier molecular flexibility index (Phi) is 9.69. The van der Waals surface area contributed by atoms with Crippen LogP contribution < -0.4 is 16.3 Å². The van der Waals surface area contributed by atoms with Crippen molar-refractivity contribution >= 4 is 23.2 Å². The Balaban J connectivity index is 1.56. The summed E-state index contributed by atoms with van der Waals surface area (Å²) in [6.45, 7) is 3.27. The number of nitrogens with zero attached hydrogens (tertiary/aromatic N) is 2. The van der Waals surface area contributed by atoms with Crippen molar-refractivity contribution in [3.05, 3.63) is 34.2 Å². The number of ether oxygens (including phenoxy) is 1. The third-order valence-electron chi connectivity index (χ3n) is 6.69. The first-order chi connectivity index (χ1) is 16.1. The first-order valence-electron chi connectivity index (χ1n) is 12.2. The number of carbonyl (C=O) groups is 2. The number of aryl methyl sites for hydroxylation is 1. The van der Waals surface area contributed by atoms with Gasteiger partial charge in [-0.3, -0.25) is 13.9 Å². The summed E-state index contributed by atoms with van der Waals surface area (Å²) in [4.78, 5) is 36.2. The summed E-state index contributed by atoms with van der Waals surface area (Å²) in [5.41, 5.74) is 2.28. The van der Waals surface area contributed by atoms with Crippen molar-refractivity contribution in [2.45, 2.75) is 57.4 Å². The van der Waals surface area contributed by atoms with Crippen LogP contribution >= 0.6 is 0 Å². The monoisotopic (exact) mass is 458 g/mol. The zero-order valence-corrected chi connectivity index (χ0v) is 20.0. The number of imidazole rings is 1. The third kappa shape index (κ3) is 6.54. The molecular weight excluding hydrogens is 420 g/mol. The van der Waals surface area contributed by atoms with Gasteiger partial charge in [-0.15, -0.1) is 0 Å². The first kappa shape index (κ1) is 25.2. The Morgan fingerprint density at radius 2 is 2.00 bits per heavy atom. The Morgan fingerprint density at radius 1 is 1.21 bits per heavy atom. The van der Waals surface area contributed by atoms with Crippen LogP contribution in [0.3, 0.4) is 0 Å². The lowest BCUT2D eigenvalue weighted by atomic mass is 9.89. The molecule has 0 saturated heterocycles. The standard InChI is InChI=1S/C25H38N4O4/c1-26-24(31)22(9-6-14-30)29-21-11-10-19(17-23(21)28(2)25(29)32)12-15-33-16-13-27-18-20-7-4-3-5-8-20/h10-11,14,17,20,22,27H,3-9,12-13,15-16,18H2,1-2H3,(H,26,31). The minimum Gasteiger partial charge on any atom is -0.380 e. The minimum atomic E-state index is -0.716. The van der Waals surface area contributed by atoms with Crippen molar-refractivity contribution in [1.82, 2.24) is 19.8 Å². The van der Waals surface area contributed by atoms with Gasteiger partial charge in [-0.1, -0.05) is 25.3 Å². The van der Waals surface area contributed by atoms with Gasteiger partial charge in [-0.2, -0.15) is 0 Å². The summed E-state index contributed by atoms with van der Waals surface area (Å²) in [7, 11) is 3.25. The predicted molar refractivity (Wildman–Crippen MR) is 130 cm³/mol. The summed E-state index contributed by atoms with van der Waals surface area (Å²) in [5, 5.41) is 6.12. The maximum absolute atomic E-state index is 12.9. The minimum absolute atomic E-state index is 0.214. The molecule has 1 aliphatic carbocycles. The van der Waals surface area contributed by atoms with Gasteiger partial charge in [0.2, 0.25) is 5.91 Å². The molecule has 1 aliphatic rings. The number of benzene rings is 1. The van der Waals surface area contributed by atoms with E-state index in [1.54, 1.807) is 11.6 Å². The number of aldehydes is 1. The lowest BCUT2D eigenvalue weighted by Gasteiger charge is -2.21. The fourth-order valence-corrected chi connectivity index (χ4v) is 4.77. The molecule has 3 rings (SSSR count). The summed E-state index contributed by atoms with van der Waals surface area (Å²) in [6, 6.07) is 5.13. The summed E-state index contributed by atoms with van der Waals surface area (Å²) in [6.07, 6.45) is 8.85. The molecule has 1 fully saturated rings. The summed E-state index contributed by atoms with van der Waals surface area (Å²) in [5.74, 6) is 0.548. The van der Waals surface area contributed by atoms with Crippen LogP contribution in [0.5, 0.6) is 0 Å². The smallest absolute Gasteiger partial charge is 0.329 e. The largest absolute Gasteiger partial charge is 0.380 e. The molecule has 1 saturated carbocycles. The number of amides is 1. The van der Waals surface area contributed by atoms with Crippen molar-refractivity contribution in [1.29, 1.82) is 0 Å². The quantitative estimate of drug-likeness (QED) is 0.355. The topological polar surface area (TPSA) is 94.4 Å². The lowest BCUT2D eigenvalue weighted by Crippen LogP contribution is -2.36. The van der Waals surface area contributed by atoms with Gasteiger partial charge in [0, 0.05) is 27.1 Å². The number of aromatic nitrogens is 2. The van der Waals surface area contributed by atoms with Gasteiger partial charge >= 0.3 is 5.69 Å². The molecule has 182 valence electrons. The maximum Gasteiger partial charge on any atom is 0.329 e. The number of likely N-dealkylation sites (N-methyl/N-ethyl adjacent to an activating group) is 1. The maximum atomic E-state index is 12.9. The second kappa shape index (κ2) is 12.7. The SMILES string of the molecule is CNC(=O)C(CCC=O)n1c(=O)n(C)c2cc(CCOCCNCC3CCCCC3)ccc21. The molecule has 1 unspecified atom stereocenters. The lowest BCUT2D eigenvalue weighted by molar-refractivity contribution is -0.124. The molecule has 0 aliphatic heterocycles. The number of hydrogen-bond donors (Lipinski definition) is 2. The van der Waals surface area contributed by atoms with E-state index in [-0.39, 0.29) is 24.4 Å². The molecule has 33 heavy (non-hydrogen) atoms. The number of nitrogens with one attached hydrogen (secondary N) is 2. The van der Waals surface area contributed by atoms with Crippen molar-refractivity contribution < 1.29 is 14.3 Å². The van der Waals surface area contributed by atoms with E-state index < -0.39 is 6.04 Å². The van der Waals surface area contributed by atoms with Crippen LogP contribution in [0.1, 0.15) is 56.6 Å². The zero-order valence-electron chi connectivity index (χ0n) is 20.0. The van der Waals surface area contributed by atoms with Crippen molar-refractivity contribution in [3.63, 3.8) is 0 Å². The van der Waals surface area contributed by atoms with Crippen LogP contribution in [0.4, 0.5) is 0 Å². The van der Waals surface area contributed by atoms with Crippen LogP contribution in [-0.2, 0) is 27.8 Å². The van der Waals surface area contributed by atoms with E-state index >= 15 is 0 Å². The predicted octanol–water partition coefficient (Wildman–Crippen LogP) is 2.34. The van der Waals surface area contributed by atoms with Crippen LogP contribution in [0.15, 0.2) is 23.0 Å². The average molecular weight is 459 g/mol. The number of carbonyl (C=O) groups excluding carboxylic acids is 2. The molecule has 1 atom stereocenters. The van der Waals surface area contributed by atoms with Gasteiger partial charge in [0.15, 0.2) is 0 Å². The van der Waals surface area contributed by atoms with Crippen LogP contribution in [0.2, 0.25) is 0 Å². The molecule has 2 N–H and O–H groups in total. The molecule has 8 nitrogen and oxygen atoms in total. The molecule has 1 aromatic carbocycles. The van der Waals surface area contributed by atoms with E-state index in [9.17, 15) is 14.4 Å². The molecule has 0 radical (unpaired) electrons. The second-order valence-electron chi connectivity index (χ2n) is 8.98. The van der Waals surface area contributed by atoms with Crippen molar-refractivity contribution in [3.8, 4) is 0 Å². The number of hydrogen-bond acceptors (Lipinski definition) is 5. The number of rotatable bonds is 13. The van der Waals surface area contributed by atoms with E-state index in [1.165, 1.54) is 43.7 Å². The highest BCUT2D eigenvalue weighted by atomic mass is 16.5.